The fraction of sp³-hybridized carbons (Fsp3) is 0.474. The lowest BCUT2D eigenvalue weighted by Gasteiger charge is -2.25. The fourth-order valence-electron chi connectivity index (χ4n) is 2.07. The number of hydrogen-bond acceptors (Lipinski definition) is 4. The number of allylic oxidation sites excluding steroid dienone is 1. The molecule has 0 aliphatic heterocycles. The number of amides is 2. The van der Waals surface area contributed by atoms with Crippen molar-refractivity contribution in [1.82, 2.24) is 10.6 Å². The number of carbonyl (C=O) groups excluding carboxylic acids is 3. The van der Waals surface area contributed by atoms with Crippen LogP contribution in [0.2, 0.25) is 0 Å². The van der Waals surface area contributed by atoms with Gasteiger partial charge in [0.15, 0.2) is 0 Å². The Labute approximate surface area is 163 Å². The molecule has 2 N–H and O–H groups in total. The van der Waals surface area contributed by atoms with Crippen molar-refractivity contribution in [2.75, 3.05) is 0 Å². The summed E-state index contributed by atoms with van der Waals surface area (Å²) in [5.41, 5.74) is -0.814. The maximum atomic E-state index is 12.4. The van der Waals surface area contributed by atoms with Crippen LogP contribution in [0.5, 0.6) is 0 Å². The first-order valence-corrected chi connectivity index (χ1v) is 8.59. The Morgan fingerprint density at radius 3 is 2.18 bits per heavy atom. The van der Waals surface area contributed by atoms with E-state index in [1.165, 1.54) is 0 Å². The van der Waals surface area contributed by atoms with Crippen LogP contribution in [0.3, 0.4) is 0 Å². The Balaban J connectivity index is 2.75. The van der Waals surface area contributed by atoms with Crippen LogP contribution >= 0.6 is 0 Å². The van der Waals surface area contributed by atoms with E-state index < -0.39 is 41.6 Å². The molecule has 0 aromatic heterocycles. The molecule has 1 fully saturated rings. The van der Waals surface area contributed by atoms with Gasteiger partial charge in [-0.25, -0.2) is 4.79 Å². The first-order valence-electron chi connectivity index (χ1n) is 8.59. The maximum Gasteiger partial charge on any atom is 0.471 e. The van der Waals surface area contributed by atoms with Crippen LogP contribution in [-0.2, 0) is 19.1 Å². The van der Waals surface area contributed by atoms with E-state index in [2.05, 4.69) is 5.32 Å². The lowest BCUT2D eigenvalue weighted by atomic mass is 10.1. The first-order chi connectivity index (χ1) is 12.8. The van der Waals surface area contributed by atoms with Crippen LogP contribution in [0.25, 0.3) is 0 Å². The fourth-order valence-corrected chi connectivity index (χ4v) is 2.07. The smallest absolute Gasteiger partial charge is 0.458 e. The van der Waals surface area contributed by atoms with Crippen molar-refractivity contribution in [2.24, 2.45) is 0 Å². The average molecular weight is 401 g/mol. The molecular weight excluding hydrogens is 377 g/mol. The molecule has 0 aromatic carbocycles. The molecule has 2 atom stereocenters. The highest BCUT2D eigenvalue weighted by Crippen LogP contribution is 2.24. The molecule has 1 rings (SSSR count). The van der Waals surface area contributed by atoms with Gasteiger partial charge in [-0.2, -0.15) is 13.2 Å². The number of rotatable bonds is 7. The Bertz CT molecular complexity index is 591. The van der Waals surface area contributed by atoms with Crippen molar-refractivity contribution >= 4 is 17.8 Å². The Morgan fingerprint density at radius 2 is 1.68 bits per heavy atom. The van der Waals surface area contributed by atoms with Gasteiger partial charge in [0.05, 0.1) is 0 Å². The summed E-state index contributed by atoms with van der Waals surface area (Å²) < 4.78 is 42.2. The Morgan fingerprint density at radius 1 is 1.11 bits per heavy atom. The molecule has 5 radical (unpaired) electrons. The summed E-state index contributed by atoms with van der Waals surface area (Å²) in [5.74, 6) is -3.02. The summed E-state index contributed by atoms with van der Waals surface area (Å²) in [6, 6.07) is -2.61. The lowest BCUT2D eigenvalue weighted by Crippen LogP contribution is -2.53. The van der Waals surface area contributed by atoms with Crippen molar-refractivity contribution in [3.8, 4) is 0 Å². The van der Waals surface area contributed by atoms with Crippen LogP contribution in [0.1, 0.15) is 34.1 Å². The predicted octanol–water partition coefficient (Wildman–Crippen LogP) is 2.23. The van der Waals surface area contributed by atoms with Crippen molar-refractivity contribution in [2.45, 2.75) is 58.0 Å². The van der Waals surface area contributed by atoms with Gasteiger partial charge in [0.1, 0.15) is 17.7 Å². The molecule has 155 valence electrons. The quantitative estimate of drug-likeness (QED) is 0.641. The zero-order valence-corrected chi connectivity index (χ0v) is 16.1. The molecule has 28 heavy (non-hydrogen) atoms. The Hall–Kier alpha value is -2.06. The van der Waals surface area contributed by atoms with Gasteiger partial charge in [0.2, 0.25) is 5.91 Å². The normalized spacial score (nSPS) is 18.0. The summed E-state index contributed by atoms with van der Waals surface area (Å²) in [4.78, 5) is 35.5. The zero-order chi connectivity index (χ0) is 21.5. The summed E-state index contributed by atoms with van der Waals surface area (Å²) in [5, 5.41) is 3.87. The second-order valence-electron chi connectivity index (χ2n) is 7.14. The third-order valence-corrected chi connectivity index (χ3v) is 3.38. The standard InChI is InChI=1S/C19H24F3N2O4/c1-12(23-17(27)19(20,21)22)15(25)24-14(16(26)28-18(2,3)4)11-7-10-13-8-5-6-9-13/h5-10,12,14H,11H2,1-4H3,(H,23,27)(H,24,25)/b10-7+/t12-,14+/m0/s1. The molecule has 9 heteroatoms. The summed E-state index contributed by atoms with van der Waals surface area (Å²) >= 11 is 0. The molecule has 2 amide bonds. The molecule has 0 heterocycles. The van der Waals surface area contributed by atoms with Gasteiger partial charge in [-0.15, -0.1) is 0 Å². The molecule has 1 aliphatic rings. The van der Waals surface area contributed by atoms with E-state index in [9.17, 15) is 27.6 Å². The van der Waals surface area contributed by atoms with Gasteiger partial charge >= 0.3 is 18.1 Å². The van der Waals surface area contributed by atoms with Crippen LogP contribution in [-0.4, -0.2) is 41.6 Å². The average Bonchev–Trinajstić information content (AvgIpc) is 3.04. The van der Waals surface area contributed by atoms with Crippen LogP contribution in [0.15, 0.2) is 12.2 Å². The summed E-state index contributed by atoms with van der Waals surface area (Å²) in [6.45, 7) is 6.03. The third kappa shape index (κ3) is 8.75. The molecule has 6 nitrogen and oxygen atoms in total. The van der Waals surface area contributed by atoms with Crippen LogP contribution in [0, 0.1) is 31.6 Å². The van der Waals surface area contributed by atoms with Crippen LogP contribution < -0.4 is 10.6 Å². The lowest BCUT2D eigenvalue weighted by molar-refractivity contribution is -0.174. The topological polar surface area (TPSA) is 84.5 Å². The Kier molecular flexibility index (Phi) is 8.50. The number of esters is 1. The molecule has 0 saturated heterocycles. The molecule has 0 unspecified atom stereocenters. The van der Waals surface area contributed by atoms with Crippen molar-refractivity contribution in [1.29, 1.82) is 0 Å². The van der Waals surface area contributed by atoms with Gasteiger partial charge in [-0.1, -0.05) is 12.2 Å². The molecule has 0 bridgehead atoms. The highest BCUT2D eigenvalue weighted by atomic mass is 19.4. The highest BCUT2D eigenvalue weighted by molar-refractivity contribution is 5.91. The van der Waals surface area contributed by atoms with E-state index >= 15 is 0 Å². The predicted molar refractivity (Wildman–Crippen MR) is 95.6 cm³/mol. The minimum Gasteiger partial charge on any atom is -0.458 e. The number of carbonyl (C=O) groups is 3. The van der Waals surface area contributed by atoms with E-state index in [1.807, 2.05) is 25.7 Å². The van der Waals surface area contributed by atoms with Crippen molar-refractivity contribution < 1.29 is 32.3 Å². The largest absolute Gasteiger partial charge is 0.471 e. The van der Waals surface area contributed by atoms with Crippen molar-refractivity contribution in [3.05, 3.63) is 43.8 Å². The van der Waals surface area contributed by atoms with Gasteiger partial charge < -0.3 is 15.4 Å². The molecule has 0 spiro atoms. The molecule has 0 aromatic rings. The highest BCUT2D eigenvalue weighted by Gasteiger charge is 2.40. The van der Waals surface area contributed by atoms with E-state index in [4.69, 9.17) is 4.74 Å². The molecule has 1 aliphatic carbocycles. The molecular formula is C19H24F3N2O4. The third-order valence-electron chi connectivity index (χ3n) is 3.38. The zero-order valence-electron chi connectivity index (χ0n) is 16.1. The monoisotopic (exact) mass is 401 g/mol. The number of nitrogens with one attached hydrogen (secondary N) is 2. The van der Waals surface area contributed by atoms with E-state index in [0.29, 0.717) is 0 Å². The first kappa shape index (κ1) is 24.0. The van der Waals surface area contributed by atoms with Crippen molar-refractivity contribution in [3.63, 3.8) is 0 Å². The summed E-state index contributed by atoms with van der Waals surface area (Å²) in [7, 11) is 0. The maximum absolute atomic E-state index is 12.4. The van der Waals surface area contributed by atoms with Gasteiger partial charge in [0, 0.05) is 5.92 Å². The number of ether oxygens (including phenoxy) is 1. The van der Waals surface area contributed by atoms with Gasteiger partial charge in [-0.3, -0.25) is 9.59 Å². The number of hydrogen-bond donors (Lipinski definition) is 2. The van der Waals surface area contributed by atoms with E-state index in [-0.39, 0.29) is 6.42 Å². The number of halogens is 3. The number of alkyl halides is 3. The SMILES string of the molecule is C[C@H](NC(=O)C(F)(F)F)C(=O)N[C@H](C/C=C/[C]1[CH][CH][CH][CH]1)C(=O)OC(C)(C)C. The summed E-state index contributed by atoms with van der Waals surface area (Å²) in [6.07, 6.45) is 5.67. The van der Waals surface area contributed by atoms with Gasteiger partial charge in [-0.05, 0) is 59.8 Å². The minimum atomic E-state index is -5.11. The second kappa shape index (κ2) is 9.93. The minimum absolute atomic E-state index is 0.0613. The van der Waals surface area contributed by atoms with E-state index in [1.54, 1.807) is 38.2 Å². The second-order valence-corrected chi connectivity index (χ2v) is 7.14. The van der Waals surface area contributed by atoms with Crippen LogP contribution in [0.4, 0.5) is 13.2 Å². The molecule has 1 saturated carbocycles. The van der Waals surface area contributed by atoms with E-state index in [0.717, 1.165) is 12.8 Å². The van der Waals surface area contributed by atoms with Gasteiger partial charge in [0.25, 0.3) is 0 Å².